The first-order valence-corrected chi connectivity index (χ1v) is 9.22. The zero-order valence-corrected chi connectivity index (χ0v) is 14.7. The Morgan fingerprint density at radius 1 is 0.923 bits per heavy atom. The van der Waals surface area contributed by atoms with Gasteiger partial charge in [0.15, 0.2) is 0 Å². The molecule has 3 aromatic rings. The summed E-state index contributed by atoms with van der Waals surface area (Å²) in [6.45, 7) is 1.82. The average molecular weight is 365 g/mol. The van der Waals surface area contributed by atoms with E-state index >= 15 is 0 Å². The van der Waals surface area contributed by atoms with Gasteiger partial charge in [-0.3, -0.25) is 0 Å². The third-order valence-corrected chi connectivity index (χ3v) is 5.64. The van der Waals surface area contributed by atoms with Gasteiger partial charge in [0, 0.05) is 0 Å². The summed E-state index contributed by atoms with van der Waals surface area (Å²) in [5.41, 5.74) is 1.24. The van der Waals surface area contributed by atoms with Crippen LogP contribution < -0.4 is 4.74 Å². The van der Waals surface area contributed by atoms with Crippen molar-refractivity contribution in [3.8, 4) is 23.3 Å². The largest absolute Gasteiger partial charge is 0.508 e. The number of hydrogen-bond acceptors (Lipinski definition) is 5. The predicted octanol–water partition coefficient (Wildman–Crippen LogP) is 4.20. The first-order valence-electron chi connectivity index (χ1n) is 7.73. The van der Waals surface area contributed by atoms with Crippen molar-refractivity contribution in [3.05, 3.63) is 77.9 Å². The lowest BCUT2D eigenvalue weighted by molar-refractivity contribution is 0.475. The molecule has 5 nitrogen and oxygen atoms in total. The van der Waals surface area contributed by atoms with Crippen LogP contribution in [0, 0.1) is 18.3 Å². The van der Waals surface area contributed by atoms with Crippen LogP contribution in [0.1, 0.15) is 11.1 Å². The summed E-state index contributed by atoms with van der Waals surface area (Å²) in [5.74, 6) is 0.845. The molecule has 0 spiro atoms. The van der Waals surface area contributed by atoms with Crippen molar-refractivity contribution in [1.29, 1.82) is 5.26 Å². The highest BCUT2D eigenvalue weighted by Gasteiger charge is 2.17. The monoisotopic (exact) mass is 365 g/mol. The SMILES string of the molecule is Cc1cccc(Oc2ccc(S(=O)(=O)c3ccc(O)cc3)cc2)c1C#N. The molecular weight excluding hydrogens is 350 g/mol. The zero-order chi connectivity index (χ0) is 18.7. The van der Waals surface area contributed by atoms with Gasteiger partial charge in [-0.25, -0.2) is 8.42 Å². The molecule has 130 valence electrons. The Hall–Kier alpha value is -3.30. The van der Waals surface area contributed by atoms with Crippen LogP contribution in [0.4, 0.5) is 0 Å². The molecule has 0 unspecified atom stereocenters. The number of hydrogen-bond donors (Lipinski definition) is 1. The fourth-order valence-electron chi connectivity index (χ4n) is 2.44. The summed E-state index contributed by atoms with van der Waals surface area (Å²) in [7, 11) is -3.68. The lowest BCUT2D eigenvalue weighted by Crippen LogP contribution is -2.01. The number of phenols is 1. The van der Waals surface area contributed by atoms with Crippen LogP contribution in [0.5, 0.6) is 17.2 Å². The lowest BCUT2D eigenvalue weighted by Gasteiger charge is -2.10. The molecule has 3 aromatic carbocycles. The van der Waals surface area contributed by atoms with Gasteiger partial charge in [-0.15, -0.1) is 0 Å². The maximum atomic E-state index is 12.6. The quantitative estimate of drug-likeness (QED) is 0.749. The number of nitrogens with zero attached hydrogens (tertiary/aromatic N) is 1. The number of aryl methyl sites for hydroxylation is 1. The second-order valence-corrected chi connectivity index (χ2v) is 7.58. The number of phenolic OH excluding ortho intramolecular Hbond substituents is 1. The average Bonchev–Trinajstić information content (AvgIpc) is 2.63. The molecule has 0 saturated carbocycles. The van der Waals surface area contributed by atoms with E-state index in [0.29, 0.717) is 17.1 Å². The van der Waals surface area contributed by atoms with Gasteiger partial charge in [-0.1, -0.05) is 12.1 Å². The Bertz CT molecular complexity index is 1080. The highest BCUT2D eigenvalue weighted by Crippen LogP contribution is 2.29. The van der Waals surface area contributed by atoms with Crippen LogP contribution in [-0.4, -0.2) is 13.5 Å². The number of sulfone groups is 1. The van der Waals surface area contributed by atoms with Crippen LogP contribution >= 0.6 is 0 Å². The van der Waals surface area contributed by atoms with Gasteiger partial charge in [0.2, 0.25) is 9.84 Å². The van der Waals surface area contributed by atoms with E-state index in [1.807, 2.05) is 13.0 Å². The van der Waals surface area contributed by atoms with E-state index in [2.05, 4.69) is 6.07 Å². The Morgan fingerprint density at radius 3 is 2.08 bits per heavy atom. The molecule has 0 aliphatic carbocycles. The molecular formula is C20H15NO4S. The highest BCUT2D eigenvalue weighted by molar-refractivity contribution is 7.91. The van der Waals surface area contributed by atoms with E-state index in [1.165, 1.54) is 48.5 Å². The molecule has 0 amide bonds. The summed E-state index contributed by atoms with van der Waals surface area (Å²) in [6, 6.07) is 18.7. The topological polar surface area (TPSA) is 87.4 Å². The molecule has 0 heterocycles. The molecule has 3 rings (SSSR count). The third-order valence-electron chi connectivity index (χ3n) is 3.86. The third kappa shape index (κ3) is 3.39. The summed E-state index contributed by atoms with van der Waals surface area (Å²) < 4.78 is 30.9. The minimum absolute atomic E-state index is 0.000788. The van der Waals surface area contributed by atoms with Gasteiger partial charge in [-0.2, -0.15) is 5.26 Å². The fraction of sp³-hybridized carbons (Fsp3) is 0.0500. The first kappa shape index (κ1) is 17.5. The van der Waals surface area contributed by atoms with Crippen molar-refractivity contribution >= 4 is 9.84 Å². The van der Waals surface area contributed by atoms with Crippen LogP contribution in [0.2, 0.25) is 0 Å². The van der Waals surface area contributed by atoms with Gasteiger partial charge in [0.05, 0.1) is 15.4 Å². The van der Waals surface area contributed by atoms with Crippen molar-refractivity contribution in [2.24, 2.45) is 0 Å². The van der Waals surface area contributed by atoms with E-state index < -0.39 is 9.84 Å². The maximum absolute atomic E-state index is 12.6. The second kappa shape index (κ2) is 6.90. The Morgan fingerprint density at radius 2 is 1.50 bits per heavy atom. The summed E-state index contributed by atoms with van der Waals surface area (Å²) in [5, 5.41) is 18.5. The molecule has 0 aliphatic heterocycles. The first-order chi connectivity index (χ1) is 12.4. The lowest BCUT2D eigenvalue weighted by atomic mass is 10.1. The minimum Gasteiger partial charge on any atom is -0.508 e. The Kier molecular flexibility index (Phi) is 4.65. The molecule has 0 bridgehead atoms. The van der Waals surface area contributed by atoms with Crippen LogP contribution in [-0.2, 0) is 9.84 Å². The smallest absolute Gasteiger partial charge is 0.206 e. The Balaban J connectivity index is 1.89. The highest BCUT2D eigenvalue weighted by atomic mass is 32.2. The number of benzene rings is 3. The van der Waals surface area contributed by atoms with E-state index in [9.17, 15) is 18.8 Å². The van der Waals surface area contributed by atoms with E-state index in [4.69, 9.17) is 4.74 Å². The molecule has 6 heteroatoms. The van der Waals surface area contributed by atoms with Crippen molar-refractivity contribution in [1.82, 2.24) is 0 Å². The normalized spacial score (nSPS) is 10.9. The van der Waals surface area contributed by atoms with E-state index in [-0.39, 0.29) is 15.5 Å². The molecule has 0 fully saturated rings. The molecule has 0 aromatic heterocycles. The van der Waals surface area contributed by atoms with Gasteiger partial charge in [0.25, 0.3) is 0 Å². The predicted molar refractivity (Wildman–Crippen MR) is 96.0 cm³/mol. The molecule has 0 aliphatic rings. The molecule has 0 radical (unpaired) electrons. The Labute approximate surface area is 151 Å². The van der Waals surface area contributed by atoms with Gasteiger partial charge < -0.3 is 9.84 Å². The van der Waals surface area contributed by atoms with Crippen LogP contribution in [0.25, 0.3) is 0 Å². The maximum Gasteiger partial charge on any atom is 0.206 e. The number of aromatic hydroxyl groups is 1. The van der Waals surface area contributed by atoms with Gasteiger partial charge in [-0.05, 0) is 67.1 Å². The summed E-state index contributed by atoms with van der Waals surface area (Å²) in [6.07, 6.45) is 0. The number of ether oxygens (including phenoxy) is 1. The van der Waals surface area contributed by atoms with Gasteiger partial charge in [0.1, 0.15) is 23.3 Å². The number of rotatable bonds is 4. The van der Waals surface area contributed by atoms with E-state index in [1.54, 1.807) is 12.1 Å². The molecule has 0 saturated heterocycles. The minimum atomic E-state index is -3.68. The standard InChI is InChI=1S/C20H15NO4S/c1-14-3-2-4-20(19(14)13-21)25-16-7-11-18(12-8-16)26(23,24)17-9-5-15(22)6-10-17/h2-12,22H,1H3. The van der Waals surface area contributed by atoms with E-state index in [0.717, 1.165) is 5.56 Å². The summed E-state index contributed by atoms with van der Waals surface area (Å²) >= 11 is 0. The second-order valence-electron chi connectivity index (χ2n) is 5.63. The molecule has 0 atom stereocenters. The van der Waals surface area contributed by atoms with Crippen molar-refractivity contribution in [2.45, 2.75) is 16.7 Å². The number of nitriles is 1. The van der Waals surface area contributed by atoms with Crippen molar-refractivity contribution in [3.63, 3.8) is 0 Å². The molecule has 26 heavy (non-hydrogen) atoms. The molecule has 1 N–H and O–H groups in total. The van der Waals surface area contributed by atoms with Crippen LogP contribution in [0.15, 0.2) is 76.5 Å². The van der Waals surface area contributed by atoms with Gasteiger partial charge >= 0.3 is 0 Å². The summed E-state index contributed by atoms with van der Waals surface area (Å²) in [4.78, 5) is 0.203. The van der Waals surface area contributed by atoms with Crippen molar-refractivity contribution in [2.75, 3.05) is 0 Å². The van der Waals surface area contributed by atoms with Crippen LogP contribution in [0.3, 0.4) is 0 Å². The van der Waals surface area contributed by atoms with Crippen molar-refractivity contribution < 1.29 is 18.3 Å². The fourth-order valence-corrected chi connectivity index (χ4v) is 3.71. The zero-order valence-electron chi connectivity index (χ0n) is 13.9.